The summed E-state index contributed by atoms with van der Waals surface area (Å²) in [5.41, 5.74) is 2.85. The zero-order valence-corrected chi connectivity index (χ0v) is 11.8. The summed E-state index contributed by atoms with van der Waals surface area (Å²) in [6.45, 7) is 2.35. The van der Waals surface area contributed by atoms with Gasteiger partial charge in [0, 0.05) is 16.3 Å². The Hall–Kier alpha value is -1.59. The van der Waals surface area contributed by atoms with Crippen molar-refractivity contribution in [2.45, 2.75) is 13.3 Å². The number of carbonyl (C=O) groups is 1. The second-order valence-electron chi connectivity index (χ2n) is 3.91. The number of carboxylic acids is 1. The smallest absolute Gasteiger partial charge is 0.339 e. The predicted octanol–water partition coefficient (Wildman–Crippen LogP) is 3.42. The Morgan fingerprint density at radius 3 is 2.95 bits per heavy atom. The summed E-state index contributed by atoms with van der Waals surface area (Å²) >= 11 is 7.34. The second-order valence-corrected chi connectivity index (χ2v) is 5.28. The molecule has 4 nitrogen and oxygen atoms in total. The van der Waals surface area contributed by atoms with Crippen LogP contribution in [0.1, 0.15) is 20.9 Å². The van der Waals surface area contributed by atoms with Gasteiger partial charge in [0.05, 0.1) is 17.8 Å². The van der Waals surface area contributed by atoms with Gasteiger partial charge in [0.15, 0.2) is 0 Å². The Balaban J connectivity index is 2.03. The van der Waals surface area contributed by atoms with Crippen molar-refractivity contribution in [1.82, 2.24) is 4.98 Å². The topological polar surface area (TPSA) is 59.4 Å². The van der Waals surface area contributed by atoms with E-state index in [1.54, 1.807) is 29.0 Å². The number of rotatable bonds is 5. The van der Waals surface area contributed by atoms with E-state index in [1.807, 2.05) is 6.92 Å². The fraction of sp³-hybridized carbons (Fsp3) is 0.231. The molecule has 0 unspecified atom stereocenters. The fourth-order valence-electron chi connectivity index (χ4n) is 1.62. The van der Waals surface area contributed by atoms with Crippen LogP contribution in [-0.4, -0.2) is 22.7 Å². The van der Waals surface area contributed by atoms with Crippen LogP contribution in [0.2, 0.25) is 5.02 Å². The van der Waals surface area contributed by atoms with E-state index in [9.17, 15) is 4.79 Å². The van der Waals surface area contributed by atoms with Crippen LogP contribution >= 0.6 is 22.9 Å². The lowest BCUT2D eigenvalue weighted by atomic mass is 10.2. The van der Waals surface area contributed by atoms with Gasteiger partial charge in [-0.1, -0.05) is 11.6 Å². The van der Waals surface area contributed by atoms with Crippen LogP contribution < -0.4 is 4.74 Å². The van der Waals surface area contributed by atoms with Crippen LogP contribution in [0.15, 0.2) is 23.7 Å². The van der Waals surface area contributed by atoms with E-state index in [0.717, 1.165) is 10.6 Å². The molecule has 0 spiro atoms. The van der Waals surface area contributed by atoms with Gasteiger partial charge in [0.1, 0.15) is 11.3 Å². The first-order valence-corrected chi connectivity index (χ1v) is 6.88. The van der Waals surface area contributed by atoms with Crippen molar-refractivity contribution in [2.24, 2.45) is 0 Å². The largest absolute Gasteiger partial charge is 0.492 e. The molecular formula is C13H12ClNO3S. The Bertz CT molecular complexity index is 597. The molecule has 0 fully saturated rings. The maximum atomic E-state index is 11.1. The third-order valence-corrected chi connectivity index (χ3v) is 3.83. The average Bonchev–Trinajstić information content (AvgIpc) is 2.77. The molecule has 6 heteroatoms. The van der Waals surface area contributed by atoms with Crippen LogP contribution in [0.4, 0.5) is 0 Å². The summed E-state index contributed by atoms with van der Waals surface area (Å²) in [5, 5.41) is 9.45. The molecule has 2 aromatic rings. The maximum absolute atomic E-state index is 11.1. The van der Waals surface area contributed by atoms with E-state index in [1.165, 1.54) is 6.07 Å². The molecule has 2 rings (SSSR count). The number of carboxylic acid groups (broad SMARTS) is 1. The third-order valence-electron chi connectivity index (χ3n) is 2.60. The number of benzene rings is 1. The molecular weight excluding hydrogens is 286 g/mol. The van der Waals surface area contributed by atoms with Gasteiger partial charge in [-0.25, -0.2) is 9.78 Å². The van der Waals surface area contributed by atoms with Crippen molar-refractivity contribution in [3.8, 4) is 5.75 Å². The summed E-state index contributed by atoms with van der Waals surface area (Å²) in [6.07, 6.45) is 0.707. The van der Waals surface area contributed by atoms with Gasteiger partial charge >= 0.3 is 5.97 Å². The first-order chi connectivity index (χ1) is 9.08. The highest BCUT2D eigenvalue weighted by molar-refractivity contribution is 7.09. The standard InChI is InChI=1S/C13H12ClNO3S/c1-8-12(19-7-15-8)4-5-18-11-3-2-9(14)6-10(11)13(16)17/h2-3,6-7H,4-5H2,1H3,(H,16,17). The number of halogens is 1. The van der Waals surface area contributed by atoms with Gasteiger partial charge in [-0.15, -0.1) is 11.3 Å². The van der Waals surface area contributed by atoms with E-state index in [-0.39, 0.29) is 5.56 Å². The van der Waals surface area contributed by atoms with Crippen molar-refractivity contribution >= 4 is 28.9 Å². The fourth-order valence-corrected chi connectivity index (χ4v) is 2.55. The summed E-state index contributed by atoms with van der Waals surface area (Å²) in [7, 11) is 0. The van der Waals surface area contributed by atoms with Crippen LogP contribution in [-0.2, 0) is 6.42 Å². The lowest BCUT2D eigenvalue weighted by Gasteiger charge is -2.09. The molecule has 1 aromatic carbocycles. The van der Waals surface area contributed by atoms with Gasteiger partial charge in [-0.2, -0.15) is 0 Å². The van der Waals surface area contributed by atoms with E-state index >= 15 is 0 Å². The van der Waals surface area contributed by atoms with Gasteiger partial charge in [-0.05, 0) is 25.1 Å². The van der Waals surface area contributed by atoms with Crippen LogP contribution in [0.3, 0.4) is 0 Å². The summed E-state index contributed by atoms with van der Waals surface area (Å²) < 4.78 is 5.52. The molecule has 1 aromatic heterocycles. The van der Waals surface area contributed by atoms with E-state index in [4.69, 9.17) is 21.4 Å². The zero-order chi connectivity index (χ0) is 13.8. The predicted molar refractivity (Wildman–Crippen MR) is 74.5 cm³/mol. The van der Waals surface area contributed by atoms with Gasteiger partial charge in [0.2, 0.25) is 0 Å². The molecule has 0 atom stereocenters. The quantitative estimate of drug-likeness (QED) is 0.918. The maximum Gasteiger partial charge on any atom is 0.339 e. The zero-order valence-electron chi connectivity index (χ0n) is 10.2. The average molecular weight is 298 g/mol. The second kappa shape index (κ2) is 6.04. The van der Waals surface area contributed by atoms with Crippen LogP contribution in [0.25, 0.3) is 0 Å². The van der Waals surface area contributed by atoms with E-state index in [0.29, 0.717) is 23.8 Å². The number of aryl methyl sites for hydroxylation is 1. The molecule has 0 amide bonds. The molecule has 0 aliphatic rings. The molecule has 0 bridgehead atoms. The Morgan fingerprint density at radius 2 is 2.32 bits per heavy atom. The summed E-state index contributed by atoms with van der Waals surface area (Å²) in [4.78, 5) is 16.4. The molecule has 100 valence electrons. The number of thiazole rings is 1. The Labute approximate surface area is 119 Å². The van der Waals surface area contributed by atoms with E-state index in [2.05, 4.69) is 4.98 Å². The number of aromatic carboxylic acids is 1. The van der Waals surface area contributed by atoms with Crippen LogP contribution in [0.5, 0.6) is 5.75 Å². The lowest BCUT2D eigenvalue weighted by Crippen LogP contribution is -2.06. The van der Waals surface area contributed by atoms with Gasteiger partial charge in [-0.3, -0.25) is 0 Å². The normalized spacial score (nSPS) is 10.4. The molecule has 0 aliphatic heterocycles. The number of hydrogen-bond acceptors (Lipinski definition) is 4. The Kier molecular flexibility index (Phi) is 4.39. The highest BCUT2D eigenvalue weighted by Gasteiger charge is 2.12. The molecule has 19 heavy (non-hydrogen) atoms. The molecule has 0 saturated carbocycles. The molecule has 0 aliphatic carbocycles. The minimum absolute atomic E-state index is 0.0773. The van der Waals surface area contributed by atoms with Crippen molar-refractivity contribution < 1.29 is 14.6 Å². The number of aromatic nitrogens is 1. The molecule has 1 N–H and O–H groups in total. The van der Waals surface area contributed by atoms with Crippen molar-refractivity contribution in [3.05, 3.63) is 44.9 Å². The van der Waals surface area contributed by atoms with Crippen LogP contribution in [0, 0.1) is 6.92 Å². The van der Waals surface area contributed by atoms with Crippen molar-refractivity contribution in [1.29, 1.82) is 0 Å². The SMILES string of the molecule is Cc1ncsc1CCOc1ccc(Cl)cc1C(=O)O. The molecule has 0 saturated heterocycles. The third kappa shape index (κ3) is 3.45. The Morgan fingerprint density at radius 1 is 1.53 bits per heavy atom. The first-order valence-electron chi connectivity index (χ1n) is 5.62. The highest BCUT2D eigenvalue weighted by atomic mass is 35.5. The number of ether oxygens (including phenoxy) is 1. The summed E-state index contributed by atoms with van der Waals surface area (Å²) in [5.74, 6) is -0.717. The molecule has 0 radical (unpaired) electrons. The summed E-state index contributed by atoms with van der Waals surface area (Å²) in [6, 6.07) is 4.57. The monoisotopic (exact) mass is 297 g/mol. The van der Waals surface area contributed by atoms with Gasteiger partial charge in [0.25, 0.3) is 0 Å². The van der Waals surface area contributed by atoms with Crippen molar-refractivity contribution in [3.63, 3.8) is 0 Å². The molecule has 1 heterocycles. The minimum atomic E-state index is -1.05. The number of nitrogens with zero attached hydrogens (tertiary/aromatic N) is 1. The number of hydrogen-bond donors (Lipinski definition) is 1. The lowest BCUT2D eigenvalue weighted by molar-refractivity contribution is 0.0692. The van der Waals surface area contributed by atoms with E-state index < -0.39 is 5.97 Å². The highest BCUT2D eigenvalue weighted by Crippen LogP contribution is 2.23. The van der Waals surface area contributed by atoms with Gasteiger partial charge < -0.3 is 9.84 Å². The first kappa shape index (κ1) is 13.8. The minimum Gasteiger partial charge on any atom is -0.492 e. The van der Waals surface area contributed by atoms with Crippen molar-refractivity contribution in [2.75, 3.05) is 6.61 Å².